The fourth-order valence-corrected chi connectivity index (χ4v) is 2.37. The van der Waals surface area contributed by atoms with Gasteiger partial charge in [-0.2, -0.15) is 0 Å². The summed E-state index contributed by atoms with van der Waals surface area (Å²) >= 11 is 0. The molecule has 0 aliphatic carbocycles. The summed E-state index contributed by atoms with van der Waals surface area (Å²) < 4.78 is 0. The largest absolute Gasteiger partial charge is 0.316 e. The Hall–Kier alpha value is -1.08. The van der Waals surface area contributed by atoms with Crippen LogP contribution < -0.4 is 5.32 Å². The van der Waals surface area contributed by atoms with Crippen LogP contribution in [0.1, 0.15) is 29.5 Å². The highest BCUT2D eigenvalue weighted by atomic mass is 14.9. The Labute approximate surface area is 98.6 Å². The summed E-state index contributed by atoms with van der Waals surface area (Å²) in [7, 11) is 0. The number of hydrogen-bond acceptors (Lipinski definition) is 1. The van der Waals surface area contributed by atoms with E-state index < -0.39 is 0 Å². The first-order chi connectivity index (χ1) is 7.77. The lowest BCUT2D eigenvalue weighted by Crippen LogP contribution is -2.28. The minimum atomic E-state index is 0.716. The number of hydrogen-bond donors (Lipinski definition) is 1. The van der Waals surface area contributed by atoms with Crippen molar-refractivity contribution in [3.8, 4) is 0 Å². The van der Waals surface area contributed by atoms with Crippen LogP contribution in [0.3, 0.4) is 0 Å². The monoisotopic (exact) mass is 215 g/mol. The molecule has 0 saturated carbocycles. The van der Waals surface area contributed by atoms with Gasteiger partial charge >= 0.3 is 0 Å². The predicted octanol–water partition coefficient (Wildman–Crippen LogP) is 3.32. The van der Waals surface area contributed by atoms with Crippen LogP contribution in [0.25, 0.3) is 6.08 Å². The first-order valence-electron chi connectivity index (χ1n) is 6.22. The van der Waals surface area contributed by atoms with E-state index in [0.717, 1.165) is 6.54 Å². The highest BCUT2D eigenvalue weighted by Gasteiger charge is 2.09. The quantitative estimate of drug-likeness (QED) is 0.798. The first-order valence-corrected chi connectivity index (χ1v) is 6.22. The van der Waals surface area contributed by atoms with Crippen molar-refractivity contribution < 1.29 is 0 Å². The molecule has 16 heavy (non-hydrogen) atoms. The van der Waals surface area contributed by atoms with Crippen molar-refractivity contribution in [3.05, 3.63) is 41.0 Å². The third-order valence-corrected chi connectivity index (χ3v) is 3.41. The summed E-state index contributed by atoms with van der Waals surface area (Å²) in [5.74, 6) is 0.716. The number of benzene rings is 1. The van der Waals surface area contributed by atoms with E-state index in [2.05, 4.69) is 49.5 Å². The zero-order valence-electron chi connectivity index (χ0n) is 10.3. The van der Waals surface area contributed by atoms with Crippen LogP contribution in [-0.4, -0.2) is 13.1 Å². The first kappa shape index (κ1) is 11.4. The highest BCUT2D eigenvalue weighted by Crippen LogP contribution is 2.18. The number of nitrogens with one attached hydrogen (secondary N) is 1. The van der Waals surface area contributed by atoms with Crippen LogP contribution in [0, 0.1) is 19.8 Å². The van der Waals surface area contributed by atoms with Gasteiger partial charge in [-0.3, -0.25) is 0 Å². The van der Waals surface area contributed by atoms with Crippen molar-refractivity contribution >= 4 is 6.08 Å². The Kier molecular flexibility index (Phi) is 3.79. The zero-order chi connectivity index (χ0) is 11.4. The van der Waals surface area contributed by atoms with Gasteiger partial charge in [0.05, 0.1) is 0 Å². The van der Waals surface area contributed by atoms with Crippen LogP contribution in [0.15, 0.2) is 24.3 Å². The molecule has 1 unspecified atom stereocenters. The molecule has 0 radical (unpaired) electrons. The topological polar surface area (TPSA) is 12.0 Å². The second-order valence-corrected chi connectivity index (χ2v) is 4.77. The third kappa shape index (κ3) is 2.73. The minimum absolute atomic E-state index is 0.716. The van der Waals surface area contributed by atoms with E-state index in [0.29, 0.717) is 5.92 Å². The van der Waals surface area contributed by atoms with Crippen LogP contribution in [0.4, 0.5) is 0 Å². The molecule has 0 bridgehead atoms. The Morgan fingerprint density at radius 1 is 1.25 bits per heavy atom. The normalized spacial score (nSPS) is 21.5. The molecule has 86 valence electrons. The molecule has 1 heterocycles. The van der Waals surface area contributed by atoms with Gasteiger partial charge in [0.25, 0.3) is 0 Å². The molecule has 1 atom stereocenters. The van der Waals surface area contributed by atoms with Gasteiger partial charge < -0.3 is 5.32 Å². The molecule has 0 aromatic heterocycles. The molecular formula is C15H21N. The van der Waals surface area contributed by atoms with Crippen molar-refractivity contribution in [2.45, 2.75) is 26.7 Å². The second kappa shape index (κ2) is 5.31. The van der Waals surface area contributed by atoms with E-state index in [9.17, 15) is 0 Å². The lowest BCUT2D eigenvalue weighted by atomic mass is 9.96. The molecule has 1 heteroatoms. The van der Waals surface area contributed by atoms with Crippen molar-refractivity contribution in [2.24, 2.45) is 5.92 Å². The maximum absolute atomic E-state index is 3.45. The smallest absolute Gasteiger partial charge is 0.00143 e. The number of rotatable bonds is 2. The van der Waals surface area contributed by atoms with Crippen LogP contribution in [0.2, 0.25) is 0 Å². The highest BCUT2D eigenvalue weighted by molar-refractivity contribution is 5.57. The number of aryl methyl sites for hydroxylation is 2. The SMILES string of the molecule is Cc1cccc(C)c1/C=C/C1CCCNC1. The fraction of sp³-hybridized carbons (Fsp3) is 0.467. The standard InChI is InChI=1S/C15H21N/c1-12-5-3-6-13(2)15(12)9-8-14-7-4-10-16-11-14/h3,5-6,8-9,14,16H,4,7,10-11H2,1-2H3/b9-8+. The third-order valence-electron chi connectivity index (χ3n) is 3.41. The van der Waals surface area contributed by atoms with Gasteiger partial charge in [-0.15, -0.1) is 0 Å². The molecule has 1 aliphatic rings. The van der Waals surface area contributed by atoms with Gasteiger partial charge in [-0.1, -0.05) is 30.4 Å². The lowest BCUT2D eigenvalue weighted by molar-refractivity contribution is 0.439. The summed E-state index contributed by atoms with van der Waals surface area (Å²) in [6.45, 7) is 6.70. The average Bonchev–Trinajstić information content (AvgIpc) is 2.30. The Morgan fingerprint density at radius 3 is 2.62 bits per heavy atom. The summed E-state index contributed by atoms with van der Waals surface area (Å²) in [6, 6.07) is 6.50. The number of piperidine rings is 1. The average molecular weight is 215 g/mol. The maximum atomic E-state index is 3.45. The van der Waals surface area contributed by atoms with E-state index in [1.807, 2.05) is 0 Å². The van der Waals surface area contributed by atoms with Gasteiger partial charge in [-0.25, -0.2) is 0 Å². The predicted molar refractivity (Wildman–Crippen MR) is 70.5 cm³/mol. The summed E-state index contributed by atoms with van der Waals surface area (Å²) in [4.78, 5) is 0. The molecule has 1 aromatic carbocycles. The minimum Gasteiger partial charge on any atom is -0.316 e. The summed E-state index contributed by atoms with van der Waals surface area (Å²) in [6.07, 6.45) is 7.32. The maximum Gasteiger partial charge on any atom is 0.00143 e. The second-order valence-electron chi connectivity index (χ2n) is 4.77. The Bertz CT molecular complexity index is 353. The van der Waals surface area contributed by atoms with E-state index in [4.69, 9.17) is 0 Å². The van der Waals surface area contributed by atoms with Crippen LogP contribution >= 0.6 is 0 Å². The molecule has 1 saturated heterocycles. The Morgan fingerprint density at radius 2 is 2.00 bits per heavy atom. The van der Waals surface area contributed by atoms with E-state index in [1.165, 1.54) is 36.1 Å². The summed E-state index contributed by atoms with van der Waals surface area (Å²) in [5, 5.41) is 3.45. The summed E-state index contributed by atoms with van der Waals surface area (Å²) in [5.41, 5.74) is 4.15. The van der Waals surface area contributed by atoms with E-state index >= 15 is 0 Å². The molecule has 1 N–H and O–H groups in total. The van der Waals surface area contributed by atoms with Crippen LogP contribution in [-0.2, 0) is 0 Å². The van der Waals surface area contributed by atoms with Crippen molar-refractivity contribution in [3.63, 3.8) is 0 Å². The Balaban J connectivity index is 2.10. The van der Waals surface area contributed by atoms with Crippen molar-refractivity contribution in [1.82, 2.24) is 5.32 Å². The molecule has 2 rings (SSSR count). The van der Waals surface area contributed by atoms with Crippen molar-refractivity contribution in [2.75, 3.05) is 13.1 Å². The van der Waals surface area contributed by atoms with Gasteiger partial charge in [-0.05, 0) is 55.8 Å². The molecule has 1 fully saturated rings. The van der Waals surface area contributed by atoms with Gasteiger partial charge in [0.1, 0.15) is 0 Å². The van der Waals surface area contributed by atoms with E-state index in [-0.39, 0.29) is 0 Å². The van der Waals surface area contributed by atoms with Gasteiger partial charge in [0.15, 0.2) is 0 Å². The van der Waals surface area contributed by atoms with Crippen LogP contribution in [0.5, 0.6) is 0 Å². The van der Waals surface area contributed by atoms with Gasteiger partial charge in [0.2, 0.25) is 0 Å². The molecule has 1 aromatic rings. The molecule has 0 spiro atoms. The molecule has 1 aliphatic heterocycles. The van der Waals surface area contributed by atoms with E-state index in [1.54, 1.807) is 0 Å². The zero-order valence-corrected chi connectivity index (χ0v) is 10.3. The van der Waals surface area contributed by atoms with Crippen molar-refractivity contribution in [1.29, 1.82) is 0 Å². The molecule has 0 amide bonds. The lowest BCUT2D eigenvalue weighted by Gasteiger charge is -2.19. The molecule has 1 nitrogen and oxygen atoms in total. The van der Waals surface area contributed by atoms with Gasteiger partial charge in [0, 0.05) is 6.54 Å². The molecular weight excluding hydrogens is 194 g/mol. The fourth-order valence-electron chi connectivity index (χ4n) is 2.37.